The van der Waals surface area contributed by atoms with E-state index in [0.29, 0.717) is 5.56 Å². The van der Waals surface area contributed by atoms with Crippen molar-refractivity contribution in [1.29, 1.82) is 5.26 Å². The van der Waals surface area contributed by atoms with Gasteiger partial charge in [-0.2, -0.15) is 5.26 Å². The number of fused-ring (bicyclic) bond motifs is 1. The third kappa shape index (κ3) is 3.23. The molecule has 0 radical (unpaired) electrons. The van der Waals surface area contributed by atoms with Crippen molar-refractivity contribution in [3.63, 3.8) is 0 Å². The lowest BCUT2D eigenvalue weighted by Gasteiger charge is -2.21. The fourth-order valence-corrected chi connectivity index (χ4v) is 3.92. The second kappa shape index (κ2) is 7.31. The van der Waals surface area contributed by atoms with Gasteiger partial charge in [0.25, 0.3) is 0 Å². The first kappa shape index (κ1) is 16.8. The highest BCUT2D eigenvalue weighted by Gasteiger charge is 2.17. The molecule has 1 N–H and O–H groups in total. The van der Waals surface area contributed by atoms with Crippen molar-refractivity contribution >= 4 is 11.0 Å². The lowest BCUT2D eigenvalue weighted by Crippen LogP contribution is -2.27. The van der Waals surface area contributed by atoms with E-state index in [4.69, 9.17) is 9.78 Å². The Kier molecular flexibility index (Phi) is 4.73. The van der Waals surface area contributed by atoms with Gasteiger partial charge in [-0.1, -0.05) is 23.4 Å². The quantitative estimate of drug-likeness (QED) is 0.750. The van der Waals surface area contributed by atoms with E-state index in [9.17, 15) is 0 Å². The van der Waals surface area contributed by atoms with Crippen molar-refractivity contribution in [3.8, 4) is 17.2 Å². The summed E-state index contributed by atoms with van der Waals surface area (Å²) >= 11 is 0. The first-order valence-electron chi connectivity index (χ1n) is 9.35. The summed E-state index contributed by atoms with van der Waals surface area (Å²) in [5, 5.41) is 17.9. The third-order valence-corrected chi connectivity index (χ3v) is 5.54. The monoisotopic (exact) mass is 345 g/mol. The molecule has 3 aromatic rings. The van der Waals surface area contributed by atoms with Gasteiger partial charge in [0.05, 0.1) is 17.3 Å². The maximum atomic E-state index is 8.97. The number of nitrogens with one attached hydrogen (secondary N) is 1. The molecule has 132 valence electrons. The summed E-state index contributed by atoms with van der Waals surface area (Å²) in [6.07, 6.45) is 4.68. The van der Waals surface area contributed by atoms with Gasteiger partial charge in [0.1, 0.15) is 0 Å². The van der Waals surface area contributed by atoms with Gasteiger partial charge in [-0.05, 0) is 80.9 Å². The van der Waals surface area contributed by atoms with E-state index in [0.717, 1.165) is 58.8 Å². The molecule has 2 aromatic carbocycles. The summed E-state index contributed by atoms with van der Waals surface area (Å²) in [5.41, 5.74) is 5.96. The number of aromatic nitrogens is 1. The number of piperidine rings is 1. The number of nitriles is 1. The number of hydrogen-bond donors (Lipinski definition) is 1. The van der Waals surface area contributed by atoms with Gasteiger partial charge < -0.3 is 9.84 Å². The van der Waals surface area contributed by atoms with Crippen molar-refractivity contribution in [2.24, 2.45) is 5.92 Å². The molecule has 0 bridgehead atoms. The minimum Gasteiger partial charge on any atom is -0.356 e. The number of nitrogens with zero attached hydrogens (tertiary/aromatic N) is 2. The van der Waals surface area contributed by atoms with E-state index in [2.05, 4.69) is 35.6 Å². The fraction of sp³-hybridized carbons (Fsp3) is 0.364. The molecule has 4 nitrogen and oxygen atoms in total. The molecule has 4 rings (SSSR count). The summed E-state index contributed by atoms with van der Waals surface area (Å²) in [4.78, 5) is 0. The molecule has 0 unspecified atom stereocenters. The molecule has 1 fully saturated rings. The summed E-state index contributed by atoms with van der Waals surface area (Å²) in [7, 11) is 0. The van der Waals surface area contributed by atoms with E-state index in [-0.39, 0.29) is 0 Å². The normalized spacial score (nSPS) is 15.2. The Morgan fingerprint density at radius 2 is 1.92 bits per heavy atom. The van der Waals surface area contributed by atoms with Crippen molar-refractivity contribution < 1.29 is 4.52 Å². The lowest BCUT2D eigenvalue weighted by atomic mass is 9.91. The maximum Gasteiger partial charge on any atom is 0.170 e. The molecule has 4 heteroatoms. The highest BCUT2D eigenvalue weighted by atomic mass is 16.5. The molecule has 0 amide bonds. The summed E-state index contributed by atoms with van der Waals surface area (Å²) in [6, 6.07) is 14.1. The van der Waals surface area contributed by atoms with Crippen molar-refractivity contribution in [2.75, 3.05) is 13.1 Å². The van der Waals surface area contributed by atoms with Crippen molar-refractivity contribution in [3.05, 3.63) is 53.2 Å². The number of rotatable bonds is 4. The van der Waals surface area contributed by atoms with Crippen LogP contribution in [0.3, 0.4) is 0 Å². The summed E-state index contributed by atoms with van der Waals surface area (Å²) in [6.45, 7) is 4.35. The molecule has 0 saturated carbocycles. The van der Waals surface area contributed by atoms with Gasteiger partial charge in [-0.25, -0.2) is 0 Å². The van der Waals surface area contributed by atoms with Crippen LogP contribution in [0.2, 0.25) is 0 Å². The smallest absolute Gasteiger partial charge is 0.170 e. The fourth-order valence-electron chi connectivity index (χ4n) is 3.92. The highest BCUT2D eigenvalue weighted by molar-refractivity contribution is 5.88. The number of aryl methyl sites for hydroxylation is 2. The van der Waals surface area contributed by atoms with Gasteiger partial charge >= 0.3 is 0 Å². The Hall–Kier alpha value is -2.64. The van der Waals surface area contributed by atoms with Gasteiger partial charge in [0.15, 0.2) is 5.58 Å². The van der Waals surface area contributed by atoms with E-state index in [1.165, 1.54) is 19.3 Å². The second-order valence-electron chi connectivity index (χ2n) is 7.17. The first-order valence-corrected chi connectivity index (χ1v) is 9.35. The van der Waals surface area contributed by atoms with Crippen LogP contribution in [-0.4, -0.2) is 18.2 Å². The Balaban J connectivity index is 1.59. The van der Waals surface area contributed by atoms with Gasteiger partial charge in [0, 0.05) is 10.9 Å². The lowest BCUT2D eigenvalue weighted by molar-refractivity contribution is 0.350. The minimum atomic E-state index is 0.673. The molecule has 1 saturated heterocycles. The number of hydrogen-bond acceptors (Lipinski definition) is 4. The SMILES string of the molecule is Cc1c(-c2ccc(C#N)cc2)ccc2c(CCC3CCNCC3)noc12. The average Bonchev–Trinajstić information content (AvgIpc) is 3.12. The van der Waals surface area contributed by atoms with Crippen LogP contribution in [0.25, 0.3) is 22.1 Å². The van der Waals surface area contributed by atoms with Crippen LogP contribution in [0, 0.1) is 24.2 Å². The molecule has 0 atom stereocenters. The van der Waals surface area contributed by atoms with E-state index in [1.54, 1.807) is 0 Å². The Morgan fingerprint density at radius 3 is 2.65 bits per heavy atom. The first-order chi connectivity index (χ1) is 12.8. The standard InChI is InChI=1S/C22H23N3O/c1-15-19(18-5-2-17(14-23)3-6-18)7-8-20-21(25-26-22(15)20)9-4-16-10-12-24-13-11-16/h2-3,5-8,16,24H,4,9-13H2,1H3. The molecule has 0 aliphatic carbocycles. The van der Waals surface area contributed by atoms with E-state index < -0.39 is 0 Å². The maximum absolute atomic E-state index is 8.97. The zero-order chi connectivity index (χ0) is 17.9. The molecule has 1 aliphatic heterocycles. The minimum absolute atomic E-state index is 0.673. The largest absolute Gasteiger partial charge is 0.356 e. The third-order valence-electron chi connectivity index (χ3n) is 5.54. The van der Waals surface area contributed by atoms with Crippen LogP contribution in [-0.2, 0) is 6.42 Å². The van der Waals surface area contributed by atoms with Crippen LogP contribution < -0.4 is 5.32 Å². The molecule has 2 heterocycles. The highest BCUT2D eigenvalue weighted by Crippen LogP contribution is 2.32. The van der Waals surface area contributed by atoms with Gasteiger partial charge in [-0.15, -0.1) is 0 Å². The van der Waals surface area contributed by atoms with E-state index in [1.807, 2.05) is 24.3 Å². The van der Waals surface area contributed by atoms with Crippen LogP contribution in [0.5, 0.6) is 0 Å². The van der Waals surface area contributed by atoms with Crippen molar-refractivity contribution in [2.45, 2.75) is 32.6 Å². The van der Waals surface area contributed by atoms with Gasteiger partial charge in [-0.3, -0.25) is 0 Å². The Morgan fingerprint density at radius 1 is 1.15 bits per heavy atom. The van der Waals surface area contributed by atoms with Crippen LogP contribution in [0.4, 0.5) is 0 Å². The molecular formula is C22H23N3O. The predicted molar refractivity (Wildman–Crippen MR) is 103 cm³/mol. The molecule has 1 aromatic heterocycles. The van der Waals surface area contributed by atoms with Crippen LogP contribution in [0.15, 0.2) is 40.9 Å². The second-order valence-corrected chi connectivity index (χ2v) is 7.17. The zero-order valence-corrected chi connectivity index (χ0v) is 15.1. The van der Waals surface area contributed by atoms with E-state index >= 15 is 0 Å². The average molecular weight is 345 g/mol. The van der Waals surface area contributed by atoms with Crippen molar-refractivity contribution in [1.82, 2.24) is 10.5 Å². The Labute approximate surface area is 153 Å². The molecular weight excluding hydrogens is 322 g/mol. The predicted octanol–water partition coefficient (Wildman–Crippen LogP) is 4.61. The molecule has 0 spiro atoms. The summed E-state index contributed by atoms with van der Waals surface area (Å²) in [5.74, 6) is 0.794. The Bertz CT molecular complexity index is 944. The molecule has 26 heavy (non-hydrogen) atoms. The van der Waals surface area contributed by atoms with Crippen LogP contribution >= 0.6 is 0 Å². The number of benzene rings is 2. The topological polar surface area (TPSA) is 61.9 Å². The molecule has 1 aliphatic rings. The van der Waals surface area contributed by atoms with Gasteiger partial charge in [0.2, 0.25) is 0 Å². The zero-order valence-electron chi connectivity index (χ0n) is 15.1. The van der Waals surface area contributed by atoms with Crippen LogP contribution in [0.1, 0.15) is 36.1 Å². The summed E-state index contributed by atoms with van der Waals surface area (Å²) < 4.78 is 5.71.